The lowest BCUT2D eigenvalue weighted by Gasteiger charge is -2.17. The Morgan fingerprint density at radius 2 is 2.04 bits per heavy atom. The third-order valence-electron chi connectivity index (χ3n) is 4.30. The highest BCUT2D eigenvalue weighted by molar-refractivity contribution is 7.80. The largest absolute Gasteiger partial charge is 0.492 e. The normalized spacial score (nSPS) is 10.8. The Kier molecular flexibility index (Phi) is 6.36. The number of nitrogens with one attached hydrogen (secondary N) is 1. The second-order valence-electron chi connectivity index (χ2n) is 6.32. The van der Waals surface area contributed by atoms with Crippen LogP contribution in [0.3, 0.4) is 0 Å². The Morgan fingerprint density at radius 1 is 1.21 bits per heavy atom. The molecule has 146 valence electrons. The highest BCUT2D eigenvalue weighted by Crippen LogP contribution is 2.35. The maximum absolute atomic E-state index is 12.8. The quantitative estimate of drug-likeness (QED) is 0.257. The first-order valence-electron chi connectivity index (χ1n) is 9.11. The highest BCUT2D eigenvalue weighted by atomic mass is 32.1. The second-order valence-corrected chi connectivity index (χ2v) is 6.77. The van der Waals surface area contributed by atoms with Gasteiger partial charge in [0, 0.05) is 11.3 Å². The molecule has 0 atom stereocenters. The SMILES string of the molecule is CCCc1c(OCCS)ccc(C(C)=O)c1OC(=O)c1ccc2nc[nH]c2c1. The summed E-state index contributed by atoms with van der Waals surface area (Å²) in [6.45, 7) is 3.89. The van der Waals surface area contributed by atoms with Gasteiger partial charge in [0.1, 0.15) is 11.5 Å². The zero-order valence-corrected chi connectivity index (χ0v) is 16.7. The van der Waals surface area contributed by atoms with Crippen LogP contribution < -0.4 is 9.47 Å². The van der Waals surface area contributed by atoms with Gasteiger partial charge in [-0.05, 0) is 43.7 Å². The van der Waals surface area contributed by atoms with Crippen LogP contribution in [0.25, 0.3) is 11.0 Å². The molecule has 3 rings (SSSR count). The van der Waals surface area contributed by atoms with E-state index in [-0.39, 0.29) is 11.5 Å². The van der Waals surface area contributed by atoms with Gasteiger partial charge in [-0.25, -0.2) is 9.78 Å². The molecule has 3 aromatic rings. The Hall–Kier alpha value is -2.80. The van der Waals surface area contributed by atoms with Gasteiger partial charge in [-0.15, -0.1) is 0 Å². The number of ether oxygens (including phenoxy) is 2. The monoisotopic (exact) mass is 398 g/mol. The van der Waals surface area contributed by atoms with Crippen molar-refractivity contribution in [2.75, 3.05) is 12.4 Å². The highest BCUT2D eigenvalue weighted by Gasteiger charge is 2.21. The number of imidazole rings is 1. The first kappa shape index (κ1) is 19.9. The molecule has 1 N–H and O–H groups in total. The molecule has 2 aromatic carbocycles. The molecule has 7 heteroatoms. The van der Waals surface area contributed by atoms with Gasteiger partial charge in [-0.2, -0.15) is 12.6 Å². The number of carbonyl (C=O) groups excluding carboxylic acids is 2. The van der Waals surface area contributed by atoms with E-state index in [9.17, 15) is 9.59 Å². The average Bonchev–Trinajstić information content (AvgIpc) is 3.15. The summed E-state index contributed by atoms with van der Waals surface area (Å²) in [7, 11) is 0. The number of fused-ring (bicyclic) bond motifs is 1. The van der Waals surface area contributed by atoms with E-state index in [1.54, 1.807) is 36.7 Å². The van der Waals surface area contributed by atoms with Crippen LogP contribution in [-0.2, 0) is 6.42 Å². The molecule has 0 spiro atoms. The minimum absolute atomic E-state index is 0.176. The van der Waals surface area contributed by atoms with E-state index in [4.69, 9.17) is 9.47 Å². The van der Waals surface area contributed by atoms with E-state index in [1.165, 1.54) is 6.92 Å². The van der Waals surface area contributed by atoms with E-state index in [0.29, 0.717) is 41.2 Å². The predicted molar refractivity (Wildman–Crippen MR) is 111 cm³/mol. The molecule has 0 bridgehead atoms. The molecule has 0 aliphatic rings. The minimum atomic E-state index is -0.539. The van der Waals surface area contributed by atoms with Crippen molar-refractivity contribution < 1.29 is 19.1 Å². The number of esters is 1. The second kappa shape index (κ2) is 8.93. The van der Waals surface area contributed by atoms with Gasteiger partial charge >= 0.3 is 5.97 Å². The van der Waals surface area contributed by atoms with Crippen molar-refractivity contribution >= 4 is 35.4 Å². The number of aromatic nitrogens is 2. The molecule has 0 saturated carbocycles. The Balaban J connectivity index is 2.01. The van der Waals surface area contributed by atoms with Gasteiger partial charge in [0.2, 0.25) is 0 Å². The van der Waals surface area contributed by atoms with Crippen LogP contribution in [0, 0.1) is 0 Å². The van der Waals surface area contributed by atoms with Crippen LogP contribution >= 0.6 is 12.6 Å². The molecule has 0 fully saturated rings. The molecule has 0 saturated heterocycles. The van der Waals surface area contributed by atoms with E-state index in [0.717, 1.165) is 17.5 Å². The maximum Gasteiger partial charge on any atom is 0.343 e. The summed E-state index contributed by atoms with van der Waals surface area (Å²) in [4.78, 5) is 32.1. The zero-order chi connectivity index (χ0) is 20.1. The fourth-order valence-electron chi connectivity index (χ4n) is 3.00. The van der Waals surface area contributed by atoms with Gasteiger partial charge in [0.15, 0.2) is 5.78 Å². The molecular formula is C21H22N2O4S. The standard InChI is InChI=1S/C21H22N2O4S/c1-3-4-16-19(26-9-10-28)8-6-15(13(2)24)20(16)27-21(25)14-5-7-17-18(11-14)23-12-22-17/h5-8,11-12,28H,3-4,9-10H2,1-2H3,(H,22,23). The molecule has 0 aliphatic heterocycles. The number of hydrogen-bond acceptors (Lipinski definition) is 6. The number of ketones is 1. The van der Waals surface area contributed by atoms with E-state index in [1.807, 2.05) is 6.92 Å². The Bertz CT molecular complexity index is 1010. The number of benzene rings is 2. The first-order valence-corrected chi connectivity index (χ1v) is 9.74. The molecular weight excluding hydrogens is 376 g/mol. The van der Waals surface area contributed by atoms with Gasteiger partial charge in [-0.1, -0.05) is 13.3 Å². The number of thiol groups is 1. The average molecular weight is 398 g/mol. The molecule has 0 amide bonds. The van der Waals surface area contributed by atoms with Crippen LogP contribution in [0.1, 0.15) is 46.5 Å². The number of H-pyrrole nitrogens is 1. The van der Waals surface area contributed by atoms with E-state index < -0.39 is 5.97 Å². The molecule has 0 unspecified atom stereocenters. The van der Waals surface area contributed by atoms with Crippen LogP contribution in [0.5, 0.6) is 11.5 Å². The third-order valence-corrected chi connectivity index (χ3v) is 4.48. The van der Waals surface area contributed by atoms with Crippen molar-refractivity contribution in [2.45, 2.75) is 26.7 Å². The Labute approximate surface area is 168 Å². The predicted octanol–water partition coefficient (Wildman–Crippen LogP) is 4.25. The zero-order valence-electron chi connectivity index (χ0n) is 15.8. The van der Waals surface area contributed by atoms with Gasteiger partial charge in [0.05, 0.1) is 35.1 Å². The summed E-state index contributed by atoms with van der Waals surface area (Å²) in [6.07, 6.45) is 2.99. The smallest absolute Gasteiger partial charge is 0.343 e. The van der Waals surface area contributed by atoms with Crippen molar-refractivity contribution in [3.05, 3.63) is 53.3 Å². The van der Waals surface area contributed by atoms with Crippen molar-refractivity contribution in [1.82, 2.24) is 9.97 Å². The van der Waals surface area contributed by atoms with E-state index in [2.05, 4.69) is 22.6 Å². The summed E-state index contributed by atoms with van der Waals surface area (Å²) in [5.41, 5.74) is 2.94. The molecule has 1 heterocycles. The molecule has 1 aromatic heterocycles. The summed E-state index contributed by atoms with van der Waals surface area (Å²) in [5, 5.41) is 0. The number of carbonyl (C=O) groups is 2. The molecule has 28 heavy (non-hydrogen) atoms. The molecule has 6 nitrogen and oxygen atoms in total. The lowest BCUT2D eigenvalue weighted by Crippen LogP contribution is -2.14. The van der Waals surface area contributed by atoms with Gasteiger partial charge in [0.25, 0.3) is 0 Å². The minimum Gasteiger partial charge on any atom is -0.492 e. The summed E-state index contributed by atoms with van der Waals surface area (Å²) in [5.74, 6) is 0.709. The maximum atomic E-state index is 12.8. The van der Waals surface area contributed by atoms with E-state index >= 15 is 0 Å². The fraction of sp³-hybridized carbons (Fsp3) is 0.286. The van der Waals surface area contributed by atoms with Gasteiger partial charge in [-0.3, -0.25) is 4.79 Å². The van der Waals surface area contributed by atoms with Crippen molar-refractivity contribution in [3.8, 4) is 11.5 Å². The third kappa shape index (κ3) is 4.20. The summed E-state index contributed by atoms with van der Waals surface area (Å²) < 4.78 is 11.5. The number of rotatable bonds is 8. The van der Waals surface area contributed by atoms with Crippen LogP contribution in [0.15, 0.2) is 36.7 Å². The topological polar surface area (TPSA) is 81.3 Å². The van der Waals surface area contributed by atoms with Gasteiger partial charge < -0.3 is 14.5 Å². The fourth-order valence-corrected chi connectivity index (χ4v) is 3.09. The number of nitrogens with zero attached hydrogens (tertiary/aromatic N) is 1. The van der Waals surface area contributed by atoms with Crippen molar-refractivity contribution in [3.63, 3.8) is 0 Å². The first-order chi connectivity index (χ1) is 13.5. The lowest BCUT2D eigenvalue weighted by molar-refractivity contribution is 0.0730. The Morgan fingerprint density at radius 3 is 2.75 bits per heavy atom. The van der Waals surface area contributed by atoms with Crippen LogP contribution in [-0.4, -0.2) is 34.1 Å². The molecule has 0 aliphatic carbocycles. The van der Waals surface area contributed by atoms with Crippen molar-refractivity contribution in [1.29, 1.82) is 0 Å². The summed E-state index contributed by atoms with van der Waals surface area (Å²) >= 11 is 4.17. The summed E-state index contributed by atoms with van der Waals surface area (Å²) in [6, 6.07) is 8.46. The lowest BCUT2D eigenvalue weighted by atomic mass is 10.0. The molecule has 0 radical (unpaired) electrons. The van der Waals surface area contributed by atoms with Crippen molar-refractivity contribution in [2.24, 2.45) is 0 Å². The number of Topliss-reactive ketones (excluding diaryl/α,β-unsaturated/α-hetero) is 1. The number of aromatic amines is 1. The van der Waals surface area contributed by atoms with Crippen LogP contribution in [0.2, 0.25) is 0 Å². The van der Waals surface area contributed by atoms with Crippen LogP contribution in [0.4, 0.5) is 0 Å². The number of hydrogen-bond donors (Lipinski definition) is 2.